The Morgan fingerprint density at radius 2 is 1.54 bits per heavy atom. The SMILES string of the molecule is CN(CCOc1ccccc1)S(=O)(=O)c1ccc2ccccc2c1. The van der Waals surface area contributed by atoms with Crippen LogP contribution in [-0.2, 0) is 10.0 Å². The van der Waals surface area contributed by atoms with Crippen LogP contribution >= 0.6 is 0 Å². The molecule has 0 spiro atoms. The summed E-state index contributed by atoms with van der Waals surface area (Å²) in [5.41, 5.74) is 0. The standard InChI is InChI=1S/C19H19NO3S/c1-20(13-14-23-18-9-3-2-4-10-18)24(21,22)19-12-11-16-7-5-6-8-17(16)15-19/h2-12,15H,13-14H2,1H3. The molecular formula is C19H19NO3S. The molecule has 0 bridgehead atoms. The number of sulfonamides is 1. The summed E-state index contributed by atoms with van der Waals surface area (Å²) in [6, 6.07) is 22.2. The van der Waals surface area contributed by atoms with Crippen LogP contribution in [0.1, 0.15) is 0 Å². The monoisotopic (exact) mass is 341 g/mol. The van der Waals surface area contributed by atoms with Gasteiger partial charge in [-0.2, -0.15) is 4.31 Å². The molecule has 0 aliphatic rings. The molecule has 124 valence electrons. The van der Waals surface area contributed by atoms with Gasteiger partial charge in [-0.3, -0.25) is 0 Å². The number of fused-ring (bicyclic) bond motifs is 1. The van der Waals surface area contributed by atoms with Crippen molar-refractivity contribution in [3.63, 3.8) is 0 Å². The van der Waals surface area contributed by atoms with Gasteiger partial charge in [0, 0.05) is 13.6 Å². The van der Waals surface area contributed by atoms with E-state index in [4.69, 9.17) is 4.74 Å². The predicted octanol–water partition coefficient (Wildman–Crippen LogP) is 3.54. The maximum Gasteiger partial charge on any atom is 0.242 e. The van der Waals surface area contributed by atoms with Crippen molar-refractivity contribution in [3.05, 3.63) is 72.8 Å². The summed E-state index contributed by atoms with van der Waals surface area (Å²) >= 11 is 0. The summed E-state index contributed by atoms with van der Waals surface area (Å²) in [5, 5.41) is 1.93. The van der Waals surface area contributed by atoms with Crippen LogP contribution in [0.3, 0.4) is 0 Å². The molecule has 3 aromatic rings. The number of benzene rings is 3. The lowest BCUT2D eigenvalue weighted by atomic mass is 10.1. The number of hydrogen-bond donors (Lipinski definition) is 0. The van der Waals surface area contributed by atoms with Gasteiger partial charge in [0.15, 0.2) is 0 Å². The van der Waals surface area contributed by atoms with E-state index in [2.05, 4.69) is 0 Å². The molecule has 0 radical (unpaired) electrons. The van der Waals surface area contributed by atoms with Crippen LogP contribution in [0.4, 0.5) is 0 Å². The average Bonchev–Trinajstić information content (AvgIpc) is 2.62. The first kappa shape index (κ1) is 16.5. The summed E-state index contributed by atoms with van der Waals surface area (Å²) in [6.45, 7) is 0.581. The molecule has 0 amide bonds. The zero-order valence-corrected chi connectivity index (χ0v) is 14.2. The van der Waals surface area contributed by atoms with Gasteiger partial charge in [-0.15, -0.1) is 0 Å². The Bertz CT molecular complexity index is 924. The van der Waals surface area contributed by atoms with Crippen LogP contribution in [0.25, 0.3) is 10.8 Å². The molecule has 0 atom stereocenters. The molecular weight excluding hydrogens is 322 g/mol. The van der Waals surface area contributed by atoms with Gasteiger partial charge in [0.25, 0.3) is 0 Å². The molecule has 0 saturated heterocycles. The lowest BCUT2D eigenvalue weighted by Crippen LogP contribution is -2.31. The molecule has 0 unspecified atom stereocenters. The molecule has 24 heavy (non-hydrogen) atoms. The second kappa shape index (κ2) is 7.03. The first-order valence-corrected chi connectivity index (χ1v) is 9.14. The van der Waals surface area contributed by atoms with Crippen molar-refractivity contribution < 1.29 is 13.2 Å². The summed E-state index contributed by atoms with van der Waals surface area (Å²) in [4.78, 5) is 0.295. The van der Waals surface area contributed by atoms with Crippen molar-refractivity contribution in [1.29, 1.82) is 0 Å². The molecule has 3 rings (SSSR count). The highest BCUT2D eigenvalue weighted by atomic mass is 32.2. The Morgan fingerprint density at radius 1 is 0.875 bits per heavy atom. The third-order valence-electron chi connectivity index (χ3n) is 3.85. The third-order valence-corrected chi connectivity index (χ3v) is 5.70. The van der Waals surface area contributed by atoms with Crippen molar-refractivity contribution in [2.45, 2.75) is 4.90 Å². The van der Waals surface area contributed by atoms with Gasteiger partial charge < -0.3 is 4.74 Å². The zero-order valence-electron chi connectivity index (χ0n) is 13.4. The second-order valence-electron chi connectivity index (χ2n) is 5.50. The molecule has 0 fully saturated rings. The van der Waals surface area contributed by atoms with Gasteiger partial charge in [-0.1, -0.05) is 48.5 Å². The van der Waals surface area contributed by atoms with E-state index in [1.165, 1.54) is 4.31 Å². The first-order chi connectivity index (χ1) is 11.6. The van der Waals surface area contributed by atoms with Gasteiger partial charge in [-0.25, -0.2) is 8.42 Å². The third kappa shape index (κ3) is 3.58. The minimum Gasteiger partial charge on any atom is -0.492 e. The fraction of sp³-hybridized carbons (Fsp3) is 0.158. The predicted molar refractivity (Wildman–Crippen MR) is 95.7 cm³/mol. The Balaban J connectivity index is 1.71. The van der Waals surface area contributed by atoms with Crippen molar-refractivity contribution in [1.82, 2.24) is 4.31 Å². The summed E-state index contributed by atoms with van der Waals surface area (Å²) in [6.07, 6.45) is 0. The van der Waals surface area contributed by atoms with Gasteiger partial charge in [-0.05, 0) is 35.0 Å². The lowest BCUT2D eigenvalue weighted by molar-refractivity contribution is 0.287. The Hall–Kier alpha value is -2.37. The van der Waals surface area contributed by atoms with Crippen molar-refractivity contribution >= 4 is 20.8 Å². The quantitative estimate of drug-likeness (QED) is 0.689. The molecule has 0 heterocycles. The van der Waals surface area contributed by atoms with Crippen LogP contribution in [0.2, 0.25) is 0 Å². The van der Waals surface area contributed by atoms with Crippen LogP contribution < -0.4 is 4.74 Å². The molecule has 0 saturated carbocycles. The summed E-state index contributed by atoms with van der Waals surface area (Å²) in [5.74, 6) is 0.731. The molecule has 0 aromatic heterocycles. The van der Waals surface area contributed by atoms with E-state index >= 15 is 0 Å². The van der Waals surface area contributed by atoms with Gasteiger partial charge in [0.1, 0.15) is 12.4 Å². The maximum atomic E-state index is 12.7. The maximum absolute atomic E-state index is 12.7. The van der Waals surface area contributed by atoms with Gasteiger partial charge in [0.2, 0.25) is 10.0 Å². The minimum atomic E-state index is -3.53. The van der Waals surface area contributed by atoms with Crippen LogP contribution in [-0.4, -0.2) is 32.9 Å². The van der Waals surface area contributed by atoms with Crippen LogP contribution in [0, 0.1) is 0 Å². The number of nitrogens with zero attached hydrogens (tertiary/aromatic N) is 1. The van der Waals surface area contributed by atoms with Crippen LogP contribution in [0.5, 0.6) is 5.75 Å². The fourth-order valence-corrected chi connectivity index (χ4v) is 3.63. The number of ether oxygens (including phenoxy) is 1. The van der Waals surface area contributed by atoms with Crippen molar-refractivity contribution in [3.8, 4) is 5.75 Å². The lowest BCUT2D eigenvalue weighted by Gasteiger charge is -2.18. The van der Waals surface area contributed by atoms with E-state index in [-0.39, 0.29) is 6.54 Å². The zero-order chi connectivity index (χ0) is 17.0. The van der Waals surface area contributed by atoms with Crippen LogP contribution in [0.15, 0.2) is 77.7 Å². The molecule has 0 aliphatic carbocycles. The summed E-state index contributed by atoms with van der Waals surface area (Å²) in [7, 11) is -1.96. The smallest absolute Gasteiger partial charge is 0.242 e. The Morgan fingerprint density at radius 3 is 2.29 bits per heavy atom. The summed E-state index contributed by atoms with van der Waals surface area (Å²) < 4.78 is 32.3. The van der Waals surface area contributed by atoms with E-state index in [1.54, 1.807) is 19.2 Å². The number of para-hydroxylation sites is 1. The topological polar surface area (TPSA) is 46.6 Å². The molecule has 3 aromatic carbocycles. The normalized spacial score (nSPS) is 11.8. The van der Waals surface area contributed by atoms with Gasteiger partial charge >= 0.3 is 0 Å². The van der Waals surface area contributed by atoms with Gasteiger partial charge in [0.05, 0.1) is 4.90 Å². The Labute approximate surface area is 142 Å². The fourth-order valence-electron chi connectivity index (χ4n) is 2.44. The highest BCUT2D eigenvalue weighted by Crippen LogP contribution is 2.21. The number of hydrogen-bond acceptors (Lipinski definition) is 3. The molecule has 0 N–H and O–H groups in total. The van der Waals surface area contributed by atoms with E-state index in [0.29, 0.717) is 11.5 Å². The average molecular weight is 341 g/mol. The highest BCUT2D eigenvalue weighted by Gasteiger charge is 2.20. The largest absolute Gasteiger partial charge is 0.492 e. The van der Waals surface area contributed by atoms with E-state index < -0.39 is 10.0 Å². The van der Waals surface area contributed by atoms with E-state index in [0.717, 1.165) is 16.5 Å². The van der Waals surface area contributed by atoms with Crippen molar-refractivity contribution in [2.24, 2.45) is 0 Å². The second-order valence-corrected chi connectivity index (χ2v) is 7.54. The number of likely N-dealkylation sites (N-methyl/N-ethyl adjacent to an activating group) is 1. The van der Waals surface area contributed by atoms with E-state index in [1.807, 2.05) is 60.7 Å². The van der Waals surface area contributed by atoms with E-state index in [9.17, 15) is 8.42 Å². The Kier molecular flexibility index (Phi) is 4.83. The highest BCUT2D eigenvalue weighted by molar-refractivity contribution is 7.89. The molecule has 5 heteroatoms. The first-order valence-electron chi connectivity index (χ1n) is 7.70. The van der Waals surface area contributed by atoms with Crippen molar-refractivity contribution in [2.75, 3.05) is 20.2 Å². The minimum absolute atomic E-state index is 0.282. The molecule has 0 aliphatic heterocycles. The number of rotatable bonds is 6. The molecule has 4 nitrogen and oxygen atoms in total.